The van der Waals surface area contributed by atoms with Crippen molar-refractivity contribution in [3.8, 4) is 0 Å². The van der Waals surface area contributed by atoms with Crippen LogP contribution in [0.2, 0.25) is 0 Å². The highest BCUT2D eigenvalue weighted by atomic mass is 16.1. The van der Waals surface area contributed by atoms with Crippen molar-refractivity contribution in [3.63, 3.8) is 0 Å². The number of aromatic amines is 1. The van der Waals surface area contributed by atoms with Crippen molar-refractivity contribution in [3.05, 3.63) is 65.0 Å². The molecule has 4 nitrogen and oxygen atoms in total. The zero-order valence-corrected chi connectivity index (χ0v) is 14.6. The number of imidazole rings is 1. The Bertz CT molecular complexity index is 846. The number of para-hydroxylation sites is 2. The van der Waals surface area contributed by atoms with Crippen LogP contribution in [0, 0.1) is 19.8 Å². The number of aromatic nitrogens is 2. The Morgan fingerprint density at radius 3 is 2.50 bits per heavy atom. The van der Waals surface area contributed by atoms with Gasteiger partial charge in [-0.15, -0.1) is 0 Å². The Labute approximate surface area is 142 Å². The van der Waals surface area contributed by atoms with Gasteiger partial charge in [-0.25, -0.2) is 4.98 Å². The second-order valence-electron chi connectivity index (χ2n) is 6.63. The summed E-state index contributed by atoms with van der Waals surface area (Å²) in [7, 11) is 0. The normalized spacial score (nSPS) is 12.5. The van der Waals surface area contributed by atoms with E-state index >= 15 is 0 Å². The number of nitrogens with one attached hydrogen (secondary N) is 2. The van der Waals surface area contributed by atoms with Crippen LogP contribution in [-0.4, -0.2) is 15.9 Å². The molecule has 0 spiro atoms. The summed E-state index contributed by atoms with van der Waals surface area (Å²) in [6.07, 6.45) is 0. The Morgan fingerprint density at radius 2 is 1.83 bits per heavy atom. The van der Waals surface area contributed by atoms with Gasteiger partial charge >= 0.3 is 0 Å². The van der Waals surface area contributed by atoms with E-state index in [0.29, 0.717) is 5.56 Å². The average molecular weight is 321 g/mol. The molecule has 24 heavy (non-hydrogen) atoms. The van der Waals surface area contributed by atoms with Crippen LogP contribution in [0.25, 0.3) is 11.0 Å². The smallest absolute Gasteiger partial charge is 0.251 e. The molecular weight excluding hydrogens is 298 g/mol. The molecule has 0 aliphatic carbocycles. The minimum atomic E-state index is -0.161. The first-order chi connectivity index (χ1) is 11.5. The molecule has 3 aromatic rings. The first kappa shape index (κ1) is 16.2. The minimum Gasteiger partial charge on any atom is -0.342 e. The fourth-order valence-corrected chi connectivity index (χ4v) is 2.78. The van der Waals surface area contributed by atoms with Crippen molar-refractivity contribution in [1.82, 2.24) is 15.3 Å². The van der Waals surface area contributed by atoms with Crippen molar-refractivity contribution < 1.29 is 4.79 Å². The van der Waals surface area contributed by atoms with E-state index < -0.39 is 0 Å². The number of rotatable bonds is 4. The van der Waals surface area contributed by atoms with Gasteiger partial charge in [-0.2, -0.15) is 0 Å². The third-order valence-electron chi connectivity index (χ3n) is 4.42. The van der Waals surface area contributed by atoms with E-state index in [2.05, 4.69) is 29.1 Å². The molecule has 0 fully saturated rings. The van der Waals surface area contributed by atoms with Gasteiger partial charge in [0.2, 0.25) is 0 Å². The second-order valence-corrected chi connectivity index (χ2v) is 6.63. The highest BCUT2D eigenvalue weighted by molar-refractivity contribution is 5.94. The van der Waals surface area contributed by atoms with E-state index in [-0.39, 0.29) is 17.9 Å². The summed E-state index contributed by atoms with van der Waals surface area (Å²) < 4.78 is 0. The fourth-order valence-electron chi connectivity index (χ4n) is 2.78. The molecule has 0 aliphatic rings. The zero-order valence-electron chi connectivity index (χ0n) is 14.6. The second kappa shape index (κ2) is 6.48. The lowest BCUT2D eigenvalue weighted by atomic mass is 10.0. The molecular formula is C20H23N3O. The highest BCUT2D eigenvalue weighted by Gasteiger charge is 2.22. The van der Waals surface area contributed by atoms with Crippen LogP contribution in [0.3, 0.4) is 0 Å². The summed E-state index contributed by atoms with van der Waals surface area (Å²) in [5, 5.41) is 3.12. The van der Waals surface area contributed by atoms with Crippen LogP contribution in [0.1, 0.15) is 47.2 Å². The Morgan fingerprint density at radius 1 is 1.08 bits per heavy atom. The molecule has 0 saturated carbocycles. The van der Waals surface area contributed by atoms with Gasteiger partial charge in [0, 0.05) is 5.56 Å². The number of fused-ring (bicyclic) bond motifs is 1. The van der Waals surface area contributed by atoms with Gasteiger partial charge in [0.05, 0.1) is 17.1 Å². The van der Waals surface area contributed by atoms with E-state index in [1.165, 1.54) is 5.56 Å². The maximum absolute atomic E-state index is 12.7. The molecule has 1 unspecified atom stereocenters. The summed E-state index contributed by atoms with van der Waals surface area (Å²) in [5.74, 6) is 0.946. The van der Waals surface area contributed by atoms with E-state index in [0.717, 1.165) is 22.4 Å². The Hall–Kier alpha value is -2.62. The van der Waals surface area contributed by atoms with Gasteiger partial charge in [-0.3, -0.25) is 4.79 Å². The number of amides is 1. The van der Waals surface area contributed by atoms with Gasteiger partial charge in [0.15, 0.2) is 0 Å². The van der Waals surface area contributed by atoms with Crippen molar-refractivity contribution in [2.45, 2.75) is 33.7 Å². The summed E-state index contributed by atoms with van der Waals surface area (Å²) in [6.45, 7) is 8.23. The van der Waals surface area contributed by atoms with Crippen LogP contribution in [0.5, 0.6) is 0 Å². The van der Waals surface area contributed by atoms with Gasteiger partial charge in [0.25, 0.3) is 5.91 Å². The zero-order chi connectivity index (χ0) is 17.3. The fraction of sp³-hybridized carbons (Fsp3) is 0.300. The molecule has 1 atom stereocenters. The number of carbonyl (C=O) groups is 1. The molecule has 2 N–H and O–H groups in total. The Balaban J connectivity index is 1.88. The van der Waals surface area contributed by atoms with Gasteiger partial charge in [-0.1, -0.05) is 32.0 Å². The maximum Gasteiger partial charge on any atom is 0.251 e. The topological polar surface area (TPSA) is 57.8 Å². The largest absolute Gasteiger partial charge is 0.342 e. The predicted octanol–water partition coefficient (Wildman–Crippen LogP) is 4.31. The van der Waals surface area contributed by atoms with Crippen molar-refractivity contribution in [2.75, 3.05) is 0 Å². The number of aryl methyl sites for hydroxylation is 2. The van der Waals surface area contributed by atoms with E-state index in [1.807, 2.05) is 56.3 Å². The van der Waals surface area contributed by atoms with Gasteiger partial charge in [0.1, 0.15) is 5.82 Å². The lowest BCUT2D eigenvalue weighted by molar-refractivity contribution is 0.0923. The number of carbonyl (C=O) groups excluding carboxylic acids is 1. The third-order valence-corrected chi connectivity index (χ3v) is 4.42. The number of hydrogen-bond donors (Lipinski definition) is 2. The molecule has 1 heterocycles. The highest BCUT2D eigenvalue weighted by Crippen LogP contribution is 2.23. The van der Waals surface area contributed by atoms with E-state index in [4.69, 9.17) is 0 Å². The summed E-state index contributed by atoms with van der Waals surface area (Å²) >= 11 is 0. The van der Waals surface area contributed by atoms with Crippen LogP contribution < -0.4 is 5.32 Å². The van der Waals surface area contributed by atoms with Crippen LogP contribution >= 0.6 is 0 Å². The quantitative estimate of drug-likeness (QED) is 0.752. The van der Waals surface area contributed by atoms with Crippen LogP contribution in [0.15, 0.2) is 42.5 Å². The summed E-state index contributed by atoms with van der Waals surface area (Å²) in [4.78, 5) is 20.6. The summed E-state index contributed by atoms with van der Waals surface area (Å²) in [5.41, 5.74) is 4.88. The van der Waals surface area contributed by atoms with E-state index in [9.17, 15) is 4.79 Å². The maximum atomic E-state index is 12.7. The monoisotopic (exact) mass is 321 g/mol. The minimum absolute atomic E-state index is 0.0720. The predicted molar refractivity (Wildman–Crippen MR) is 97.1 cm³/mol. The molecule has 1 aromatic heterocycles. The number of hydrogen-bond acceptors (Lipinski definition) is 2. The van der Waals surface area contributed by atoms with Gasteiger partial charge in [-0.05, 0) is 55.2 Å². The van der Waals surface area contributed by atoms with Gasteiger partial charge < -0.3 is 10.3 Å². The standard InChI is InChI=1S/C20H23N3O/c1-12(2)18(19-21-16-7-5-6-8-17(16)22-19)23-20(24)15-10-9-13(3)14(4)11-15/h5-12,18H,1-4H3,(H,21,22)(H,23,24). The SMILES string of the molecule is Cc1ccc(C(=O)NC(c2nc3ccccc3[nH]2)C(C)C)cc1C. The number of H-pyrrole nitrogens is 1. The van der Waals surface area contributed by atoms with Crippen LogP contribution in [-0.2, 0) is 0 Å². The molecule has 2 aromatic carbocycles. The van der Waals surface area contributed by atoms with Crippen LogP contribution in [0.4, 0.5) is 0 Å². The van der Waals surface area contributed by atoms with E-state index in [1.54, 1.807) is 0 Å². The van der Waals surface area contributed by atoms with Crippen molar-refractivity contribution in [2.24, 2.45) is 5.92 Å². The summed E-state index contributed by atoms with van der Waals surface area (Å²) in [6, 6.07) is 13.5. The molecule has 3 rings (SSSR count). The lowest BCUT2D eigenvalue weighted by Crippen LogP contribution is -2.32. The third kappa shape index (κ3) is 3.18. The number of nitrogens with zero attached hydrogens (tertiary/aromatic N) is 1. The molecule has 0 aliphatic heterocycles. The number of benzene rings is 2. The molecule has 0 radical (unpaired) electrons. The van der Waals surface area contributed by atoms with Crippen molar-refractivity contribution >= 4 is 16.9 Å². The average Bonchev–Trinajstić information content (AvgIpc) is 2.98. The first-order valence-electron chi connectivity index (χ1n) is 8.28. The molecule has 124 valence electrons. The first-order valence-corrected chi connectivity index (χ1v) is 8.28. The lowest BCUT2D eigenvalue weighted by Gasteiger charge is -2.20. The molecule has 1 amide bonds. The molecule has 4 heteroatoms. The molecule has 0 bridgehead atoms. The molecule has 0 saturated heterocycles. The van der Waals surface area contributed by atoms with Crippen molar-refractivity contribution in [1.29, 1.82) is 0 Å². The Kier molecular flexibility index (Phi) is 4.38.